The third-order valence-electron chi connectivity index (χ3n) is 3.11. The van der Waals surface area contributed by atoms with Gasteiger partial charge in [0.05, 0.1) is 12.7 Å². The van der Waals surface area contributed by atoms with E-state index in [-0.39, 0.29) is 12.6 Å². The van der Waals surface area contributed by atoms with Crippen LogP contribution in [0.5, 0.6) is 0 Å². The Kier molecular flexibility index (Phi) is 7.80. The SMILES string of the molecule is COC(=O)c1ccc(CN(C)CCCCCO)c(Br)c1. The van der Waals surface area contributed by atoms with Crippen molar-refractivity contribution < 1.29 is 14.6 Å². The molecule has 0 bridgehead atoms. The first-order valence-electron chi connectivity index (χ1n) is 6.74. The summed E-state index contributed by atoms with van der Waals surface area (Å²) in [6, 6.07) is 5.52. The number of aliphatic hydroxyl groups excluding tert-OH is 1. The van der Waals surface area contributed by atoms with Gasteiger partial charge in [0.1, 0.15) is 0 Å². The minimum atomic E-state index is -0.324. The Morgan fingerprint density at radius 1 is 1.35 bits per heavy atom. The largest absolute Gasteiger partial charge is 0.465 e. The van der Waals surface area contributed by atoms with Gasteiger partial charge in [0.2, 0.25) is 0 Å². The van der Waals surface area contributed by atoms with Crippen molar-refractivity contribution in [2.75, 3.05) is 27.3 Å². The Labute approximate surface area is 128 Å². The summed E-state index contributed by atoms with van der Waals surface area (Å²) in [6.45, 7) is 2.08. The van der Waals surface area contributed by atoms with Crippen molar-refractivity contribution >= 4 is 21.9 Å². The van der Waals surface area contributed by atoms with E-state index in [0.717, 1.165) is 42.4 Å². The normalized spacial score (nSPS) is 10.8. The van der Waals surface area contributed by atoms with E-state index < -0.39 is 0 Å². The van der Waals surface area contributed by atoms with Crippen molar-refractivity contribution in [2.24, 2.45) is 0 Å². The molecule has 1 aromatic carbocycles. The van der Waals surface area contributed by atoms with Crippen LogP contribution in [0.4, 0.5) is 0 Å². The van der Waals surface area contributed by atoms with Gasteiger partial charge in [-0.2, -0.15) is 0 Å². The number of hydrogen-bond donors (Lipinski definition) is 1. The average molecular weight is 344 g/mol. The van der Waals surface area contributed by atoms with Crippen LogP contribution in [0.25, 0.3) is 0 Å². The van der Waals surface area contributed by atoms with Crippen molar-refractivity contribution in [1.29, 1.82) is 0 Å². The fraction of sp³-hybridized carbons (Fsp3) is 0.533. The van der Waals surface area contributed by atoms with E-state index in [2.05, 4.69) is 27.9 Å². The van der Waals surface area contributed by atoms with E-state index in [1.807, 2.05) is 6.07 Å². The number of methoxy groups -OCH3 is 1. The zero-order valence-corrected chi connectivity index (χ0v) is 13.6. The Balaban J connectivity index is 2.53. The van der Waals surface area contributed by atoms with Gasteiger partial charge in [-0.3, -0.25) is 0 Å². The van der Waals surface area contributed by atoms with Gasteiger partial charge >= 0.3 is 5.97 Å². The van der Waals surface area contributed by atoms with Gasteiger partial charge in [-0.15, -0.1) is 0 Å². The molecule has 0 spiro atoms. The predicted octanol–water partition coefficient (Wildman–Crippen LogP) is 2.83. The summed E-state index contributed by atoms with van der Waals surface area (Å²) in [6.07, 6.45) is 2.99. The van der Waals surface area contributed by atoms with Crippen LogP contribution in [-0.2, 0) is 11.3 Å². The molecule has 0 heterocycles. The van der Waals surface area contributed by atoms with Crippen molar-refractivity contribution in [2.45, 2.75) is 25.8 Å². The van der Waals surface area contributed by atoms with Gasteiger partial charge in [-0.1, -0.05) is 22.0 Å². The van der Waals surface area contributed by atoms with Crippen molar-refractivity contribution in [3.8, 4) is 0 Å². The maximum absolute atomic E-state index is 11.4. The number of hydrogen-bond acceptors (Lipinski definition) is 4. The smallest absolute Gasteiger partial charge is 0.337 e. The van der Waals surface area contributed by atoms with Crippen LogP contribution in [0, 0.1) is 0 Å². The van der Waals surface area contributed by atoms with Crippen LogP contribution in [0.15, 0.2) is 22.7 Å². The number of ether oxygens (including phenoxy) is 1. The minimum absolute atomic E-state index is 0.268. The van der Waals surface area contributed by atoms with Crippen molar-refractivity contribution in [3.05, 3.63) is 33.8 Å². The highest BCUT2D eigenvalue weighted by atomic mass is 79.9. The second kappa shape index (κ2) is 9.10. The van der Waals surface area contributed by atoms with Crippen LogP contribution in [0.1, 0.15) is 35.2 Å². The highest BCUT2D eigenvalue weighted by Crippen LogP contribution is 2.20. The van der Waals surface area contributed by atoms with Crippen LogP contribution in [0.2, 0.25) is 0 Å². The third kappa shape index (κ3) is 5.61. The molecule has 20 heavy (non-hydrogen) atoms. The fourth-order valence-electron chi connectivity index (χ4n) is 1.96. The zero-order chi connectivity index (χ0) is 15.0. The molecular formula is C15H22BrNO3. The highest BCUT2D eigenvalue weighted by Gasteiger charge is 2.09. The second-order valence-corrected chi connectivity index (χ2v) is 5.67. The Bertz CT molecular complexity index is 437. The minimum Gasteiger partial charge on any atom is -0.465 e. The molecule has 1 aromatic rings. The van der Waals surface area contributed by atoms with E-state index >= 15 is 0 Å². The number of aliphatic hydroxyl groups is 1. The maximum Gasteiger partial charge on any atom is 0.337 e. The summed E-state index contributed by atoms with van der Waals surface area (Å²) in [5, 5.41) is 8.74. The predicted molar refractivity (Wildman–Crippen MR) is 82.8 cm³/mol. The van der Waals surface area contributed by atoms with E-state index in [4.69, 9.17) is 9.84 Å². The molecule has 0 radical (unpaired) electrons. The highest BCUT2D eigenvalue weighted by molar-refractivity contribution is 9.10. The van der Waals surface area contributed by atoms with E-state index in [9.17, 15) is 4.79 Å². The lowest BCUT2D eigenvalue weighted by Gasteiger charge is -2.17. The van der Waals surface area contributed by atoms with Crippen molar-refractivity contribution in [1.82, 2.24) is 4.90 Å². The molecular weight excluding hydrogens is 322 g/mol. The Morgan fingerprint density at radius 2 is 2.10 bits per heavy atom. The molecule has 0 unspecified atom stereocenters. The number of halogens is 1. The summed E-state index contributed by atoms with van der Waals surface area (Å²) < 4.78 is 5.62. The fourth-order valence-corrected chi connectivity index (χ4v) is 2.46. The molecule has 5 heteroatoms. The molecule has 0 aliphatic rings. The lowest BCUT2D eigenvalue weighted by molar-refractivity contribution is 0.0600. The molecule has 1 rings (SSSR count). The first-order chi connectivity index (χ1) is 9.58. The lowest BCUT2D eigenvalue weighted by atomic mass is 10.1. The van der Waals surface area contributed by atoms with Gasteiger partial charge in [-0.05, 0) is 50.6 Å². The molecule has 4 nitrogen and oxygen atoms in total. The van der Waals surface area contributed by atoms with Crippen LogP contribution in [0.3, 0.4) is 0 Å². The Morgan fingerprint density at radius 3 is 2.70 bits per heavy atom. The number of rotatable bonds is 8. The number of unbranched alkanes of at least 4 members (excludes halogenated alkanes) is 2. The number of carbonyl (C=O) groups excluding carboxylic acids is 1. The van der Waals surface area contributed by atoms with Gasteiger partial charge in [0.25, 0.3) is 0 Å². The molecule has 0 aliphatic carbocycles. The van der Waals surface area contributed by atoms with Gasteiger partial charge in [0, 0.05) is 17.6 Å². The number of carbonyl (C=O) groups is 1. The maximum atomic E-state index is 11.4. The molecule has 0 saturated heterocycles. The molecule has 0 aromatic heterocycles. The molecule has 0 fully saturated rings. The second-order valence-electron chi connectivity index (χ2n) is 4.82. The van der Waals surface area contributed by atoms with Crippen LogP contribution in [-0.4, -0.2) is 43.3 Å². The van der Waals surface area contributed by atoms with E-state index in [1.54, 1.807) is 12.1 Å². The number of esters is 1. The standard InChI is InChI=1S/C15H22BrNO3/c1-17(8-4-3-5-9-18)11-13-7-6-12(10-14(13)16)15(19)20-2/h6-7,10,18H,3-5,8-9,11H2,1-2H3. The van der Waals surface area contributed by atoms with E-state index in [1.165, 1.54) is 7.11 Å². The van der Waals surface area contributed by atoms with Gasteiger partial charge < -0.3 is 14.7 Å². The molecule has 112 valence electrons. The third-order valence-corrected chi connectivity index (χ3v) is 3.85. The first-order valence-corrected chi connectivity index (χ1v) is 7.54. The van der Waals surface area contributed by atoms with Crippen LogP contribution < -0.4 is 0 Å². The van der Waals surface area contributed by atoms with Crippen LogP contribution >= 0.6 is 15.9 Å². The monoisotopic (exact) mass is 343 g/mol. The summed E-state index contributed by atoms with van der Waals surface area (Å²) in [5.41, 5.74) is 1.69. The molecule has 0 aliphatic heterocycles. The van der Waals surface area contributed by atoms with Gasteiger partial charge in [0.15, 0.2) is 0 Å². The summed E-state index contributed by atoms with van der Waals surface area (Å²) in [4.78, 5) is 13.7. The Hall–Kier alpha value is -0.910. The summed E-state index contributed by atoms with van der Waals surface area (Å²) in [5.74, 6) is -0.324. The topological polar surface area (TPSA) is 49.8 Å². The first kappa shape index (κ1) is 17.1. The molecule has 1 N–H and O–H groups in total. The average Bonchev–Trinajstić information content (AvgIpc) is 2.45. The van der Waals surface area contributed by atoms with Crippen molar-refractivity contribution in [3.63, 3.8) is 0 Å². The van der Waals surface area contributed by atoms with E-state index in [0.29, 0.717) is 5.56 Å². The number of nitrogens with zero attached hydrogens (tertiary/aromatic N) is 1. The summed E-state index contributed by atoms with van der Waals surface area (Å²) in [7, 11) is 3.45. The lowest BCUT2D eigenvalue weighted by Crippen LogP contribution is -2.19. The zero-order valence-electron chi connectivity index (χ0n) is 12.1. The molecule has 0 amide bonds. The summed E-state index contributed by atoms with van der Waals surface area (Å²) >= 11 is 3.50. The molecule has 0 atom stereocenters. The number of benzene rings is 1. The van der Waals surface area contributed by atoms with Gasteiger partial charge in [-0.25, -0.2) is 4.79 Å². The molecule has 0 saturated carbocycles. The quantitative estimate of drug-likeness (QED) is 0.582.